The lowest BCUT2D eigenvalue weighted by Gasteiger charge is -2.07. The van der Waals surface area contributed by atoms with Gasteiger partial charge in [-0.1, -0.05) is 0 Å². The van der Waals surface area contributed by atoms with E-state index >= 15 is 0 Å². The van der Waals surface area contributed by atoms with E-state index in [0.717, 1.165) is 0 Å². The smallest absolute Gasteiger partial charge is 0.198 e. The first-order valence-electron chi connectivity index (χ1n) is 4.31. The Morgan fingerprint density at radius 1 is 1.36 bits per heavy atom. The zero-order valence-corrected chi connectivity index (χ0v) is 8.36. The van der Waals surface area contributed by atoms with Gasteiger partial charge in [-0.25, -0.2) is 0 Å². The molecule has 0 aliphatic rings. The molecule has 0 atom stereocenters. The monoisotopic (exact) mass is 201 g/mol. The van der Waals surface area contributed by atoms with Gasteiger partial charge < -0.3 is 19.7 Å². The van der Waals surface area contributed by atoms with Crippen molar-refractivity contribution in [2.24, 2.45) is 0 Å². The van der Waals surface area contributed by atoms with Crippen LogP contribution >= 0.6 is 0 Å². The summed E-state index contributed by atoms with van der Waals surface area (Å²) in [6.07, 6.45) is 0. The Kier molecular flexibility index (Phi) is 3.79. The summed E-state index contributed by atoms with van der Waals surface area (Å²) in [5.74, 6) is 0.0253. The average Bonchev–Trinajstić information content (AvgIpc) is 2.38. The van der Waals surface area contributed by atoms with Gasteiger partial charge >= 0.3 is 0 Å². The molecule has 1 rings (SSSR count). The van der Waals surface area contributed by atoms with Crippen LogP contribution in [0.5, 0.6) is 11.8 Å². The van der Waals surface area contributed by atoms with Crippen LogP contribution in [0.2, 0.25) is 0 Å². The van der Waals surface area contributed by atoms with Crippen molar-refractivity contribution in [3.05, 3.63) is 11.6 Å². The van der Waals surface area contributed by atoms with Gasteiger partial charge in [0, 0.05) is 18.7 Å². The highest BCUT2D eigenvalue weighted by Crippen LogP contribution is 2.26. The number of methoxy groups -OCH3 is 1. The number of aromatic hydroxyl groups is 2. The Morgan fingerprint density at radius 3 is 2.57 bits per heavy atom. The second-order valence-electron chi connectivity index (χ2n) is 2.97. The van der Waals surface area contributed by atoms with Crippen molar-refractivity contribution >= 4 is 0 Å². The van der Waals surface area contributed by atoms with Crippen molar-refractivity contribution in [2.45, 2.75) is 13.7 Å². The fourth-order valence-corrected chi connectivity index (χ4v) is 1.08. The maximum Gasteiger partial charge on any atom is 0.198 e. The molecule has 0 aromatic carbocycles. The lowest BCUT2D eigenvalue weighted by molar-refractivity contribution is 0.0283. The van der Waals surface area contributed by atoms with E-state index in [-0.39, 0.29) is 18.5 Å². The lowest BCUT2D eigenvalue weighted by Crippen LogP contribution is -2.06. The minimum absolute atomic E-state index is 0.00239. The van der Waals surface area contributed by atoms with Gasteiger partial charge in [0.2, 0.25) is 0 Å². The second-order valence-corrected chi connectivity index (χ2v) is 2.97. The highest BCUT2D eigenvalue weighted by Gasteiger charge is 2.09. The van der Waals surface area contributed by atoms with Gasteiger partial charge in [-0.15, -0.1) is 0 Å². The summed E-state index contributed by atoms with van der Waals surface area (Å²) in [7, 11) is 1.58. The van der Waals surface area contributed by atoms with Crippen molar-refractivity contribution < 1.29 is 19.7 Å². The van der Waals surface area contributed by atoms with Gasteiger partial charge in [0.25, 0.3) is 0 Å². The van der Waals surface area contributed by atoms with Gasteiger partial charge in [0.15, 0.2) is 11.8 Å². The summed E-state index contributed by atoms with van der Waals surface area (Å²) in [5.41, 5.74) is 0.623. The maximum atomic E-state index is 9.47. The lowest BCUT2D eigenvalue weighted by atomic mass is 10.4. The molecule has 0 radical (unpaired) electrons. The number of ether oxygens (including phenoxy) is 2. The molecule has 80 valence electrons. The van der Waals surface area contributed by atoms with Crippen molar-refractivity contribution in [3.8, 4) is 11.8 Å². The molecule has 5 heteroatoms. The van der Waals surface area contributed by atoms with E-state index in [1.54, 1.807) is 14.0 Å². The van der Waals surface area contributed by atoms with E-state index in [9.17, 15) is 10.2 Å². The van der Waals surface area contributed by atoms with E-state index in [1.165, 1.54) is 10.6 Å². The first kappa shape index (κ1) is 10.9. The molecule has 0 amide bonds. The minimum Gasteiger partial charge on any atom is -0.494 e. The zero-order valence-electron chi connectivity index (χ0n) is 8.36. The summed E-state index contributed by atoms with van der Waals surface area (Å²) in [6, 6.07) is 1.48. The molecule has 0 bridgehead atoms. The fraction of sp³-hybridized carbons (Fsp3) is 0.556. The van der Waals surface area contributed by atoms with Crippen LogP contribution in [0.4, 0.5) is 0 Å². The van der Waals surface area contributed by atoms with Crippen LogP contribution in [0.25, 0.3) is 0 Å². The summed E-state index contributed by atoms with van der Waals surface area (Å²) in [4.78, 5) is 0. The van der Waals surface area contributed by atoms with Gasteiger partial charge in [0.05, 0.1) is 13.2 Å². The number of aryl methyl sites for hydroxylation is 1. The van der Waals surface area contributed by atoms with Crippen LogP contribution in [0.1, 0.15) is 5.56 Å². The van der Waals surface area contributed by atoms with Crippen molar-refractivity contribution in [3.63, 3.8) is 0 Å². The Balaban J connectivity index is 2.49. The SMILES string of the molecule is COCCOCn1c(O)cc(C)c1O. The summed E-state index contributed by atoms with van der Waals surface area (Å²) >= 11 is 0. The number of hydrogen-bond acceptors (Lipinski definition) is 4. The largest absolute Gasteiger partial charge is 0.494 e. The van der Waals surface area contributed by atoms with Gasteiger partial charge in [-0.2, -0.15) is 0 Å². The standard InChI is InChI=1S/C9H15NO4/c1-7-5-8(11)10(9(7)12)6-14-4-3-13-2/h5,11-12H,3-4,6H2,1-2H3. The van der Waals surface area contributed by atoms with Crippen LogP contribution < -0.4 is 0 Å². The number of hydrogen-bond donors (Lipinski definition) is 2. The molecule has 2 N–H and O–H groups in total. The van der Waals surface area contributed by atoms with Gasteiger partial charge in [-0.3, -0.25) is 4.57 Å². The van der Waals surface area contributed by atoms with E-state index in [4.69, 9.17) is 9.47 Å². The highest BCUT2D eigenvalue weighted by molar-refractivity contribution is 5.33. The molecule has 0 saturated carbocycles. The molecule has 0 unspecified atom stereocenters. The number of rotatable bonds is 5. The van der Waals surface area contributed by atoms with Crippen molar-refractivity contribution in [1.82, 2.24) is 4.57 Å². The van der Waals surface area contributed by atoms with Crippen LogP contribution in [0, 0.1) is 6.92 Å². The van der Waals surface area contributed by atoms with Crippen molar-refractivity contribution in [2.75, 3.05) is 20.3 Å². The Labute approximate surface area is 82.5 Å². The van der Waals surface area contributed by atoms with E-state index in [0.29, 0.717) is 18.8 Å². The van der Waals surface area contributed by atoms with E-state index in [2.05, 4.69) is 0 Å². The van der Waals surface area contributed by atoms with Crippen LogP contribution in [-0.4, -0.2) is 35.1 Å². The van der Waals surface area contributed by atoms with Crippen LogP contribution in [-0.2, 0) is 16.2 Å². The average molecular weight is 201 g/mol. The molecule has 1 heterocycles. The Bertz CT molecular complexity index is 295. The summed E-state index contributed by atoms with van der Waals surface area (Å²) in [6.45, 7) is 2.74. The molecule has 0 aliphatic carbocycles. The Hall–Kier alpha value is -1.20. The third-order valence-electron chi connectivity index (χ3n) is 1.88. The minimum atomic E-state index is -0.00239. The van der Waals surface area contributed by atoms with E-state index in [1.807, 2.05) is 0 Å². The third kappa shape index (κ3) is 2.40. The molecular formula is C9H15NO4. The predicted molar refractivity (Wildman–Crippen MR) is 50.3 cm³/mol. The quantitative estimate of drug-likeness (QED) is 0.692. The molecule has 0 saturated heterocycles. The van der Waals surface area contributed by atoms with Gasteiger partial charge in [-0.05, 0) is 6.92 Å². The molecule has 0 fully saturated rings. The van der Waals surface area contributed by atoms with E-state index < -0.39 is 0 Å². The zero-order chi connectivity index (χ0) is 10.6. The van der Waals surface area contributed by atoms with Crippen LogP contribution in [0.15, 0.2) is 6.07 Å². The maximum absolute atomic E-state index is 9.47. The highest BCUT2D eigenvalue weighted by atomic mass is 16.5. The summed E-state index contributed by atoms with van der Waals surface area (Å²) < 4.78 is 11.2. The second kappa shape index (κ2) is 4.88. The fourth-order valence-electron chi connectivity index (χ4n) is 1.08. The van der Waals surface area contributed by atoms with Gasteiger partial charge in [0.1, 0.15) is 6.73 Å². The summed E-state index contributed by atoms with van der Waals surface area (Å²) in [5, 5.41) is 18.8. The molecular weight excluding hydrogens is 186 g/mol. The molecule has 1 aromatic heterocycles. The van der Waals surface area contributed by atoms with Crippen LogP contribution in [0.3, 0.4) is 0 Å². The first-order chi connectivity index (χ1) is 6.66. The van der Waals surface area contributed by atoms with Crippen molar-refractivity contribution in [1.29, 1.82) is 0 Å². The third-order valence-corrected chi connectivity index (χ3v) is 1.88. The Morgan fingerprint density at radius 2 is 2.07 bits per heavy atom. The first-order valence-corrected chi connectivity index (χ1v) is 4.31. The number of nitrogens with zero attached hydrogens (tertiary/aromatic N) is 1. The predicted octanol–water partition coefficient (Wildman–Crippen LogP) is 0.828. The molecule has 5 nitrogen and oxygen atoms in total. The molecule has 0 aliphatic heterocycles. The molecule has 1 aromatic rings. The molecule has 0 spiro atoms. The number of aromatic nitrogens is 1. The normalized spacial score (nSPS) is 10.7. The molecule has 14 heavy (non-hydrogen) atoms. The topological polar surface area (TPSA) is 63.9 Å².